The van der Waals surface area contributed by atoms with Crippen LogP contribution in [0.4, 0.5) is 0 Å². The van der Waals surface area contributed by atoms with Crippen LogP contribution in [0, 0.1) is 5.41 Å². The Hall–Kier alpha value is -3.02. The van der Waals surface area contributed by atoms with Crippen molar-refractivity contribution in [2.45, 2.75) is 26.7 Å². The third-order valence-electron chi connectivity index (χ3n) is 4.84. The highest BCUT2D eigenvalue weighted by Crippen LogP contribution is 2.19. The van der Waals surface area contributed by atoms with Gasteiger partial charge in [-0.05, 0) is 56.0 Å². The van der Waals surface area contributed by atoms with Crippen molar-refractivity contribution in [1.29, 1.82) is 0 Å². The highest BCUT2D eigenvalue weighted by atomic mass is 16.5. The van der Waals surface area contributed by atoms with Gasteiger partial charge in [0.15, 0.2) is 0 Å². The number of hydrogen-bond acceptors (Lipinski definition) is 4. The van der Waals surface area contributed by atoms with Gasteiger partial charge in [-0.15, -0.1) is 0 Å². The molecule has 29 heavy (non-hydrogen) atoms. The molecule has 2 aromatic carbocycles. The van der Waals surface area contributed by atoms with Crippen molar-refractivity contribution >= 4 is 11.8 Å². The van der Waals surface area contributed by atoms with Crippen LogP contribution in [0.1, 0.15) is 25.0 Å². The zero-order valence-corrected chi connectivity index (χ0v) is 17.6. The van der Waals surface area contributed by atoms with Crippen molar-refractivity contribution in [2.24, 2.45) is 5.41 Å². The van der Waals surface area contributed by atoms with Crippen molar-refractivity contribution in [3.05, 3.63) is 59.7 Å². The number of hydrogen-bond donors (Lipinski definition) is 2. The first-order valence-electron chi connectivity index (χ1n) is 9.70. The van der Waals surface area contributed by atoms with Gasteiger partial charge in [0.25, 0.3) is 0 Å². The van der Waals surface area contributed by atoms with Crippen LogP contribution in [0.3, 0.4) is 0 Å². The first-order valence-corrected chi connectivity index (χ1v) is 9.70. The number of carbonyl (C=O) groups excluding carboxylic acids is 2. The van der Waals surface area contributed by atoms with Crippen LogP contribution in [0.15, 0.2) is 48.5 Å². The van der Waals surface area contributed by atoms with E-state index in [9.17, 15) is 9.59 Å². The van der Waals surface area contributed by atoms with Gasteiger partial charge < -0.3 is 20.1 Å². The van der Waals surface area contributed by atoms with Gasteiger partial charge >= 0.3 is 0 Å². The minimum Gasteiger partial charge on any atom is -0.497 e. The number of methoxy groups -OCH3 is 2. The fourth-order valence-corrected chi connectivity index (χ4v) is 2.91. The molecule has 0 fully saturated rings. The molecule has 0 heterocycles. The van der Waals surface area contributed by atoms with Crippen molar-refractivity contribution in [2.75, 3.05) is 27.3 Å². The van der Waals surface area contributed by atoms with E-state index in [4.69, 9.17) is 9.47 Å². The highest BCUT2D eigenvalue weighted by molar-refractivity contribution is 6.04. The van der Waals surface area contributed by atoms with E-state index >= 15 is 0 Å². The molecule has 2 N–H and O–H groups in total. The number of ether oxygens (including phenoxy) is 2. The van der Waals surface area contributed by atoms with Gasteiger partial charge in [0.2, 0.25) is 11.8 Å². The van der Waals surface area contributed by atoms with Gasteiger partial charge in [-0.2, -0.15) is 0 Å². The maximum Gasteiger partial charge on any atom is 0.235 e. The molecule has 2 amide bonds. The molecule has 156 valence electrons. The van der Waals surface area contributed by atoms with Crippen molar-refractivity contribution in [3.8, 4) is 11.5 Å². The number of benzene rings is 2. The molecule has 0 radical (unpaired) electrons. The minimum atomic E-state index is -1.16. The summed E-state index contributed by atoms with van der Waals surface area (Å²) < 4.78 is 10.5. The Morgan fingerprint density at radius 2 is 1.52 bits per heavy atom. The second-order valence-corrected chi connectivity index (χ2v) is 7.30. The fourth-order valence-electron chi connectivity index (χ4n) is 2.91. The van der Waals surface area contributed by atoms with Crippen molar-refractivity contribution < 1.29 is 19.1 Å². The monoisotopic (exact) mass is 398 g/mol. The molecule has 0 aliphatic carbocycles. The lowest BCUT2D eigenvalue weighted by Crippen LogP contribution is -2.48. The Bertz CT molecular complexity index is 833. The summed E-state index contributed by atoms with van der Waals surface area (Å²) in [5.74, 6) is 0.973. The van der Waals surface area contributed by atoms with Crippen LogP contribution in [0.25, 0.3) is 0 Å². The number of rotatable bonds is 10. The van der Waals surface area contributed by atoms with E-state index in [1.54, 1.807) is 28.1 Å². The van der Waals surface area contributed by atoms with E-state index < -0.39 is 5.41 Å². The molecule has 0 saturated heterocycles. The summed E-state index contributed by atoms with van der Waals surface area (Å²) in [6, 6.07) is 15.4. The molecule has 0 aliphatic heterocycles. The molecule has 0 saturated carbocycles. The highest BCUT2D eigenvalue weighted by Gasteiger charge is 2.35. The molecule has 0 aromatic heterocycles. The quantitative estimate of drug-likeness (QED) is 0.604. The molecule has 0 spiro atoms. The van der Waals surface area contributed by atoms with Crippen LogP contribution in [-0.2, 0) is 22.4 Å². The van der Waals surface area contributed by atoms with Gasteiger partial charge in [-0.25, -0.2) is 0 Å². The molecule has 0 aliphatic rings. The van der Waals surface area contributed by atoms with Gasteiger partial charge in [0, 0.05) is 13.1 Å². The molecule has 0 bridgehead atoms. The molecule has 6 nitrogen and oxygen atoms in total. The second-order valence-electron chi connectivity index (χ2n) is 7.30. The molecule has 6 heteroatoms. The number of amides is 2. The van der Waals surface area contributed by atoms with Gasteiger partial charge in [-0.1, -0.05) is 30.3 Å². The standard InChI is InChI=1S/C23H30N2O4/c1-23(2,21(26)24-14-12-17-8-7-10-19(16-17)28-3)22(27)25-15-13-18-9-5-6-11-20(18)29-4/h5-11,16H,12-15H2,1-4H3,(H,24,26)(H,25,27). The largest absolute Gasteiger partial charge is 0.497 e. The summed E-state index contributed by atoms with van der Waals surface area (Å²) in [7, 11) is 3.24. The van der Waals surface area contributed by atoms with Crippen LogP contribution in [-0.4, -0.2) is 39.1 Å². The van der Waals surface area contributed by atoms with Crippen LogP contribution in [0.2, 0.25) is 0 Å². The van der Waals surface area contributed by atoms with E-state index in [0.717, 1.165) is 22.6 Å². The number of carbonyl (C=O) groups is 2. The second kappa shape index (κ2) is 10.5. The summed E-state index contributed by atoms with van der Waals surface area (Å²) in [5.41, 5.74) is 0.911. The number of nitrogens with one attached hydrogen (secondary N) is 2. The summed E-state index contributed by atoms with van der Waals surface area (Å²) in [4.78, 5) is 25.1. The van der Waals surface area contributed by atoms with Crippen LogP contribution < -0.4 is 20.1 Å². The Labute approximate surface area is 172 Å². The Kier molecular flexibility index (Phi) is 8.07. The van der Waals surface area contributed by atoms with Gasteiger partial charge in [-0.3, -0.25) is 9.59 Å². The van der Waals surface area contributed by atoms with Crippen molar-refractivity contribution in [3.63, 3.8) is 0 Å². The van der Waals surface area contributed by atoms with E-state index in [1.807, 2.05) is 48.5 Å². The van der Waals surface area contributed by atoms with E-state index in [1.165, 1.54) is 0 Å². The predicted octanol–water partition coefficient (Wildman–Crippen LogP) is 2.75. The van der Waals surface area contributed by atoms with E-state index in [2.05, 4.69) is 10.6 Å². The summed E-state index contributed by atoms with van der Waals surface area (Å²) in [6.45, 7) is 4.14. The zero-order chi connectivity index (χ0) is 21.3. The molecular formula is C23H30N2O4. The SMILES string of the molecule is COc1cccc(CCNC(=O)C(C)(C)C(=O)NCCc2ccccc2OC)c1. The van der Waals surface area contributed by atoms with Crippen LogP contribution in [0.5, 0.6) is 11.5 Å². The molecule has 2 aromatic rings. The maximum atomic E-state index is 12.5. The first kappa shape index (κ1) is 22.3. The smallest absolute Gasteiger partial charge is 0.235 e. The zero-order valence-electron chi connectivity index (χ0n) is 17.6. The number of para-hydroxylation sites is 1. The molecule has 0 atom stereocenters. The average Bonchev–Trinajstić information content (AvgIpc) is 2.74. The Balaban J connectivity index is 1.81. The topological polar surface area (TPSA) is 76.7 Å². The third-order valence-corrected chi connectivity index (χ3v) is 4.84. The maximum absolute atomic E-state index is 12.5. The van der Waals surface area contributed by atoms with Gasteiger partial charge in [0.05, 0.1) is 14.2 Å². The lowest BCUT2D eigenvalue weighted by molar-refractivity contribution is -0.141. The molecular weight excluding hydrogens is 368 g/mol. The normalized spacial score (nSPS) is 10.9. The summed E-state index contributed by atoms with van der Waals surface area (Å²) in [6.07, 6.45) is 1.29. The molecule has 2 rings (SSSR count). The Morgan fingerprint density at radius 3 is 2.17 bits per heavy atom. The average molecular weight is 399 g/mol. The third kappa shape index (κ3) is 6.24. The fraction of sp³-hybridized carbons (Fsp3) is 0.391. The Morgan fingerprint density at radius 1 is 0.862 bits per heavy atom. The lowest BCUT2D eigenvalue weighted by Gasteiger charge is -2.23. The van der Waals surface area contributed by atoms with E-state index in [-0.39, 0.29) is 11.8 Å². The minimum absolute atomic E-state index is 0.296. The molecule has 0 unspecified atom stereocenters. The van der Waals surface area contributed by atoms with Gasteiger partial charge in [0.1, 0.15) is 16.9 Å². The summed E-state index contributed by atoms with van der Waals surface area (Å²) in [5, 5.41) is 5.71. The van der Waals surface area contributed by atoms with Crippen LogP contribution >= 0.6 is 0 Å². The van der Waals surface area contributed by atoms with Crippen molar-refractivity contribution in [1.82, 2.24) is 10.6 Å². The summed E-state index contributed by atoms with van der Waals surface area (Å²) >= 11 is 0. The predicted molar refractivity (Wildman–Crippen MR) is 113 cm³/mol. The first-order chi connectivity index (χ1) is 13.9. The lowest BCUT2D eigenvalue weighted by atomic mass is 9.91. The van der Waals surface area contributed by atoms with E-state index in [0.29, 0.717) is 25.9 Å².